The first kappa shape index (κ1) is 30.5. The maximum atomic E-state index is 13.3. The van der Waals surface area contributed by atoms with Crippen LogP contribution < -0.4 is 10.6 Å². The van der Waals surface area contributed by atoms with Gasteiger partial charge in [-0.3, -0.25) is 4.79 Å². The Kier molecular flexibility index (Phi) is 9.99. The molecule has 4 atom stereocenters. The van der Waals surface area contributed by atoms with Crippen LogP contribution in [-0.4, -0.2) is 86.6 Å². The number of carboxylic acid groups (broad SMARTS) is 1. The number of likely N-dealkylation sites (tertiary alicyclic amines) is 1. The molecule has 200 valence electrons. The van der Waals surface area contributed by atoms with Gasteiger partial charge in [-0.2, -0.15) is 0 Å². The molecule has 0 radical (unpaired) electrons. The van der Waals surface area contributed by atoms with Crippen LogP contribution in [0.5, 0.6) is 0 Å². The monoisotopic (exact) mass is 501 g/mol. The van der Waals surface area contributed by atoms with E-state index >= 15 is 0 Å². The molecule has 0 spiro atoms. The van der Waals surface area contributed by atoms with Crippen molar-refractivity contribution in [3.8, 4) is 0 Å². The van der Waals surface area contributed by atoms with Crippen LogP contribution in [0, 0.1) is 5.92 Å². The van der Waals surface area contributed by atoms with Crippen molar-refractivity contribution in [1.82, 2.24) is 15.5 Å². The smallest absolute Gasteiger partial charge is 0.451 e. The zero-order valence-electron chi connectivity index (χ0n) is 21.9. The average Bonchev–Trinajstić information content (AvgIpc) is 2.64. The van der Waals surface area contributed by atoms with Crippen LogP contribution in [-0.2, 0) is 19.1 Å². The number of hydrogen-bond acceptors (Lipinski definition) is 8. The highest BCUT2D eigenvalue weighted by molar-refractivity contribution is 6.40. The fourth-order valence-corrected chi connectivity index (χ4v) is 4.01. The molecule has 1 rings (SSSR count). The predicted molar refractivity (Wildman–Crippen MR) is 127 cm³/mol. The third kappa shape index (κ3) is 9.21. The van der Waals surface area contributed by atoms with E-state index < -0.39 is 65.9 Å². The topological polar surface area (TPSA) is 175 Å². The van der Waals surface area contributed by atoms with Crippen molar-refractivity contribution in [2.24, 2.45) is 5.92 Å². The van der Waals surface area contributed by atoms with E-state index in [1.54, 1.807) is 41.5 Å². The molecule has 1 aliphatic rings. The quantitative estimate of drug-likeness (QED) is 0.323. The number of alkyl carbamates (subject to hydrolysis) is 2. The summed E-state index contributed by atoms with van der Waals surface area (Å²) in [6.45, 7) is 13.0. The van der Waals surface area contributed by atoms with Gasteiger partial charge in [-0.1, -0.05) is 6.42 Å². The Morgan fingerprint density at radius 1 is 1.06 bits per heavy atom. The number of hydrogen-bond donors (Lipinski definition) is 5. The zero-order chi connectivity index (χ0) is 27.4. The van der Waals surface area contributed by atoms with E-state index in [2.05, 4.69) is 10.6 Å². The molecule has 3 amide bonds. The molecule has 13 heteroatoms. The highest BCUT2D eigenvalue weighted by atomic mass is 16.6. The molecule has 35 heavy (non-hydrogen) atoms. The summed E-state index contributed by atoms with van der Waals surface area (Å²) in [4.78, 5) is 51.9. The Morgan fingerprint density at radius 3 is 2.03 bits per heavy atom. The van der Waals surface area contributed by atoms with E-state index in [4.69, 9.17) is 9.47 Å². The number of carbonyl (C=O) groups excluding carboxylic acids is 3. The summed E-state index contributed by atoms with van der Waals surface area (Å²) in [6, 6.07) is -2.07. The minimum absolute atomic E-state index is 0.0467. The number of nitrogens with zero attached hydrogens (tertiary/aromatic N) is 1. The molecule has 0 bridgehead atoms. The highest BCUT2D eigenvalue weighted by Crippen LogP contribution is 2.35. The normalized spacial score (nSPS) is 23.7. The van der Waals surface area contributed by atoms with Gasteiger partial charge in [0.25, 0.3) is 0 Å². The molecular weight excluding hydrogens is 461 g/mol. The van der Waals surface area contributed by atoms with Crippen LogP contribution in [0.2, 0.25) is 6.32 Å². The second-order valence-corrected chi connectivity index (χ2v) is 11.1. The average molecular weight is 501 g/mol. The minimum Gasteiger partial charge on any atom is -0.479 e. The molecule has 0 aromatic heterocycles. The molecule has 0 aliphatic carbocycles. The molecule has 0 saturated carbocycles. The van der Waals surface area contributed by atoms with Crippen LogP contribution in [0.1, 0.15) is 68.2 Å². The van der Waals surface area contributed by atoms with Crippen molar-refractivity contribution < 1.29 is 43.8 Å². The fraction of sp³-hybridized carbons (Fsp3) is 0.818. The predicted octanol–water partition coefficient (Wildman–Crippen LogP) is 1.35. The van der Waals surface area contributed by atoms with Gasteiger partial charge in [0.15, 0.2) is 5.54 Å². The number of rotatable bonds is 7. The third-order valence-corrected chi connectivity index (χ3v) is 5.57. The summed E-state index contributed by atoms with van der Waals surface area (Å²) in [7, 11) is -1.61. The molecule has 1 aliphatic heterocycles. The largest absolute Gasteiger partial charge is 0.479 e. The zero-order valence-corrected chi connectivity index (χ0v) is 21.9. The van der Waals surface area contributed by atoms with Gasteiger partial charge in [0, 0.05) is 6.54 Å². The number of amides is 3. The van der Waals surface area contributed by atoms with E-state index in [1.165, 1.54) is 18.7 Å². The fourth-order valence-electron chi connectivity index (χ4n) is 4.01. The van der Waals surface area contributed by atoms with Crippen LogP contribution in [0.25, 0.3) is 0 Å². The highest BCUT2D eigenvalue weighted by Gasteiger charge is 2.54. The lowest BCUT2D eigenvalue weighted by atomic mass is 9.72. The van der Waals surface area contributed by atoms with Gasteiger partial charge in [-0.15, -0.1) is 0 Å². The van der Waals surface area contributed by atoms with Gasteiger partial charge in [-0.25, -0.2) is 14.4 Å². The standard InChI is InChI=1S/C22H40BN3O9/c1-13(24-18(30)34-20(3,4)5)16(27)26-12-15(9-10-23(32)33)11-22(14(26)2,17(28)29)25-19(31)35-21(6,7)8/h13-15,32-33H,9-12H2,1-8H3,(H,24,30)(H,25,31)(H,28,29)/t13?,14-,15-,22+/m0/s1. The molecule has 1 saturated heterocycles. The van der Waals surface area contributed by atoms with E-state index in [1.807, 2.05) is 0 Å². The van der Waals surface area contributed by atoms with Gasteiger partial charge in [0.1, 0.15) is 17.2 Å². The van der Waals surface area contributed by atoms with Crippen LogP contribution in [0.15, 0.2) is 0 Å². The molecule has 1 heterocycles. The maximum absolute atomic E-state index is 13.3. The van der Waals surface area contributed by atoms with Crippen LogP contribution in [0.4, 0.5) is 9.59 Å². The molecule has 0 aromatic carbocycles. The first-order chi connectivity index (χ1) is 15.8. The van der Waals surface area contributed by atoms with Crippen molar-refractivity contribution in [1.29, 1.82) is 0 Å². The number of piperidine rings is 1. The Balaban J connectivity index is 3.27. The summed E-state index contributed by atoms with van der Waals surface area (Å²) in [5.74, 6) is -2.43. The summed E-state index contributed by atoms with van der Waals surface area (Å²) < 4.78 is 10.5. The first-order valence-corrected chi connectivity index (χ1v) is 11.7. The van der Waals surface area contributed by atoms with Crippen molar-refractivity contribution in [2.45, 2.75) is 103 Å². The van der Waals surface area contributed by atoms with E-state index in [9.17, 15) is 34.3 Å². The van der Waals surface area contributed by atoms with Gasteiger partial charge in [0.2, 0.25) is 5.91 Å². The molecule has 1 fully saturated rings. The summed E-state index contributed by atoms with van der Waals surface area (Å²) >= 11 is 0. The Bertz CT molecular complexity index is 794. The van der Waals surface area contributed by atoms with Gasteiger partial charge in [0.05, 0.1) is 6.04 Å². The SMILES string of the molecule is CC(NC(=O)OC(C)(C)C)C(=O)N1C[C@@H](CCB(O)O)C[C@](NC(=O)OC(C)(C)C)(C(=O)O)[C@@H]1C. The molecule has 5 N–H and O–H groups in total. The van der Waals surface area contributed by atoms with Gasteiger partial charge in [-0.05, 0) is 74.0 Å². The summed E-state index contributed by atoms with van der Waals surface area (Å²) in [5.41, 5.74) is -3.58. The van der Waals surface area contributed by atoms with Crippen LogP contribution >= 0.6 is 0 Å². The lowest BCUT2D eigenvalue weighted by Crippen LogP contribution is -2.72. The molecule has 0 aromatic rings. The van der Waals surface area contributed by atoms with Crippen LogP contribution in [0.3, 0.4) is 0 Å². The van der Waals surface area contributed by atoms with Crippen molar-refractivity contribution >= 4 is 31.2 Å². The van der Waals surface area contributed by atoms with Gasteiger partial charge < -0.3 is 40.2 Å². The number of carboxylic acids is 1. The third-order valence-electron chi connectivity index (χ3n) is 5.57. The number of carbonyl (C=O) groups is 4. The van der Waals surface area contributed by atoms with E-state index in [-0.39, 0.29) is 25.7 Å². The van der Waals surface area contributed by atoms with Gasteiger partial charge >= 0.3 is 25.3 Å². The Morgan fingerprint density at radius 2 is 1.57 bits per heavy atom. The molecular formula is C22H40BN3O9. The summed E-state index contributed by atoms with van der Waals surface area (Å²) in [5, 5.41) is 33.8. The lowest BCUT2D eigenvalue weighted by Gasteiger charge is -2.49. The van der Waals surface area contributed by atoms with Crippen molar-refractivity contribution in [3.63, 3.8) is 0 Å². The first-order valence-electron chi connectivity index (χ1n) is 11.7. The van der Waals surface area contributed by atoms with E-state index in [0.717, 1.165) is 0 Å². The Labute approximate surface area is 206 Å². The lowest BCUT2D eigenvalue weighted by molar-refractivity contribution is -0.156. The Hall–Kier alpha value is -2.54. The second kappa shape index (κ2) is 11.5. The molecule has 1 unspecified atom stereocenters. The number of ether oxygens (including phenoxy) is 2. The van der Waals surface area contributed by atoms with Crippen molar-refractivity contribution in [2.75, 3.05) is 6.54 Å². The maximum Gasteiger partial charge on any atom is 0.451 e. The van der Waals surface area contributed by atoms with E-state index in [0.29, 0.717) is 0 Å². The number of nitrogens with one attached hydrogen (secondary N) is 2. The van der Waals surface area contributed by atoms with Crippen molar-refractivity contribution in [3.05, 3.63) is 0 Å². The second-order valence-electron chi connectivity index (χ2n) is 11.1. The summed E-state index contributed by atoms with van der Waals surface area (Å²) in [6.07, 6.45) is -1.68. The minimum atomic E-state index is -1.91. The molecule has 12 nitrogen and oxygen atoms in total. The number of aliphatic carboxylic acids is 1.